The lowest BCUT2D eigenvalue weighted by atomic mass is 10.1. The average Bonchev–Trinajstić information content (AvgIpc) is 2.37. The molecule has 0 radical (unpaired) electrons. The summed E-state index contributed by atoms with van der Waals surface area (Å²) in [6, 6.07) is 6.02. The first kappa shape index (κ1) is 16.8. The number of rotatable bonds is 8. The first-order chi connectivity index (χ1) is 9.38. The molecule has 0 heterocycles. The van der Waals surface area contributed by atoms with E-state index in [-0.39, 0.29) is 11.6 Å². The highest BCUT2D eigenvalue weighted by molar-refractivity contribution is 5.43. The van der Waals surface area contributed by atoms with Gasteiger partial charge in [-0.2, -0.15) is 0 Å². The van der Waals surface area contributed by atoms with Crippen molar-refractivity contribution in [3.63, 3.8) is 0 Å². The second kappa shape index (κ2) is 7.50. The SMILES string of the molecule is COCC(C)(C)NCc1ccc(OC(C)C)c(OC)c1. The smallest absolute Gasteiger partial charge is 0.161 e. The van der Waals surface area contributed by atoms with Crippen LogP contribution in [0.4, 0.5) is 0 Å². The highest BCUT2D eigenvalue weighted by atomic mass is 16.5. The Morgan fingerprint density at radius 2 is 1.85 bits per heavy atom. The zero-order valence-corrected chi connectivity index (χ0v) is 13.4. The van der Waals surface area contributed by atoms with E-state index in [9.17, 15) is 0 Å². The Morgan fingerprint density at radius 3 is 2.40 bits per heavy atom. The second-order valence-electron chi connectivity index (χ2n) is 5.82. The monoisotopic (exact) mass is 281 g/mol. The Kier molecular flexibility index (Phi) is 6.30. The van der Waals surface area contributed by atoms with E-state index in [1.54, 1.807) is 14.2 Å². The summed E-state index contributed by atoms with van der Waals surface area (Å²) >= 11 is 0. The standard InChI is InChI=1S/C16H27NO3/c1-12(2)20-14-8-7-13(9-15(14)19-6)10-17-16(3,4)11-18-5/h7-9,12,17H,10-11H2,1-6H3. The van der Waals surface area contributed by atoms with Crippen LogP contribution in [0.15, 0.2) is 18.2 Å². The largest absolute Gasteiger partial charge is 0.493 e. The Bertz CT molecular complexity index is 416. The maximum atomic E-state index is 5.71. The molecule has 0 saturated heterocycles. The van der Waals surface area contributed by atoms with Gasteiger partial charge in [0, 0.05) is 19.2 Å². The predicted octanol–water partition coefficient (Wildman–Crippen LogP) is 3.00. The topological polar surface area (TPSA) is 39.7 Å². The number of hydrogen-bond donors (Lipinski definition) is 1. The van der Waals surface area contributed by atoms with Crippen LogP contribution in [0.5, 0.6) is 11.5 Å². The summed E-state index contributed by atoms with van der Waals surface area (Å²) in [4.78, 5) is 0. The third-order valence-electron chi connectivity index (χ3n) is 2.87. The van der Waals surface area contributed by atoms with Crippen molar-refractivity contribution in [3.05, 3.63) is 23.8 Å². The van der Waals surface area contributed by atoms with Crippen LogP contribution in [0.25, 0.3) is 0 Å². The van der Waals surface area contributed by atoms with Crippen LogP contribution in [0.1, 0.15) is 33.3 Å². The van der Waals surface area contributed by atoms with Gasteiger partial charge in [0.05, 0.1) is 19.8 Å². The number of ether oxygens (including phenoxy) is 3. The summed E-state index contributed by atoms with van der Waals surface area (Å²) in [5.74, 6) is 1.55. The summed E-state index contributed by atoms with van der Waals surface area (Å²) in [5, 5.41) is 3.47. The molecular formula is C16H27NO3. The maximum Gasteiger partial charge on any atom is 0.161 e. The van der Waals surface area contributed by atoms with E-state index in [2.05, 4.69) is 25.2 Å². The molecule has 0 atom stereocenters. The van der Waals surface area contributed by atoms with Gasteiger partial charge >= 0.3 is 0 Å². The van der Waals surface area contributed by atoms with E-state index in [1.165, 1.54) is 0 Å². The molecule has 0 aliphatic heterocycles. The van der Waals surface area contributed by atoms with E-state index in [1.807, 2.05) is 26.0 Å². The third-order valence-corrected chi connectivity index (χ3v) is 2.87. The van der Waals surface area contributed by atoms with Gasteiger partial charge in [-0.1, -0.05) is 6.07 Å². The lowest BCUT2D eigenvalue weighted by Gasteiger charge is -2.25. The summed E-state index contributed by atoms with van der Waals surface area (Å²) < 4.78 is 16.3. The molecule has 0 aliphatic carbocycles. The van der Waals surface area contributed by atoms with Crippen molar-refractivity contribution < 1.29 is 14.2 Å². The Hall–Kier alpha value is -1.26. The first-order valence-electron chi connectivity index (χ1n) is 6.95. The van der Waals surface area contributed by atoms with E-state index in [0.29, 0.717) is 6.61 Å². The summed E-state index contributed by atoms with van der Waals surface area (Å²) in [6.07, 6.45) is 0.133. The van der Waals surface area contributed by atoms with Crippen molar-refractivity contribution in [1.29, 1.82) is 0 Å². The third kappa shape index (κ3) is 5.39. The first-order valence-corrected chi connectivity index (χ1v) is 6.95. The van der Waals surface area contributed by atoms with Crippen LogP contribution in [0.3, 0.4) is 0 Å². The molecule has 1 aromatic rings. The summed E-state index contributed by atoms with van der Waals surface area (Å²) in [5.41, 5.74) is 1.09. The van der Waals surface area contributed by atoms with Gasteiger partial charge in [0.15, 0.2) is 11.5 Å². The van der Waals surface area contributed by atoms with Gasteiger partial charge in [-0.25, -0.2) is 0 Å². The molecule has 0 amide bonds. The van der Waals surface area contributed by atoms with Crippen LogP contribution >= 0.6 is 0 Å². The van der Waals surface area contributed by atoms with Gasteiger partial charge in [-0.3, -0.25) is 0 Å². The van der Waals surface area contributed by atoms with Crippen molar-refractivity contribution >= 4 is 0 Å². The van der Waals surface area contributed by atoms with Gasteiger partial charge in [0.2, 0.25) is 0 Å². The van der Waals surface area contributed by atoms with Gasteiger partial charge in [-0.15, -0.1) is 0 Å². The normalized spacial score (nSPS) is 11.8. The van der Waals surface area contributed by atoms with Crippen molar-refractivity contribution in [2.75, 3.05) is 20.8 Å². The summed E-state index contributed by atoms with van der Waals surface area (Å²) in [7, 11) is 3.37. The van der Waals surface area contributed by atoms with Gasteiger partial charge in [-0.05, 0) is 45.4 Å². The molecule has 1 rings (SSSR count). The Morgan fingerprint density at radius 1 is 1.15 bits per heavy atom. The zero-order chi connectivity index (χ0) is 15.2. The van der Waals surface area contributed by atoms with Crippen LogP contribution in [0.2, 0.25) is 0 Å². The van der Waals surface area contributed by atoms with Crippen molar-refractivity contribution in [2.45, 2.75) is 45.9 Å². The van der Waals surface area contributed by atoms with Crippen LogP contribution < -0.4 is 14.8 Å². The molecule has 0 fully saturated rings. The highest BCUT2D eigenvalue weighted by Gasteiger charge is 2.16. The molecule has 1 N–H and O–H groups in total. The number of methoxy groups -OCH3 is 2. The van der Waals surface area contributed by atoms with Crippen LogP contribution in [-0.4, -0.2) is 32.5 Å². The minimum Gasteiger partial charge on any atom is -0.493 e. The lowest BCUT2D eigenvalue weighted by Crippen LogP contribution is -2.42. The van der Waals surface area contributed by atoms with E-state index in [0.717, 1.165) is 23.6 Å². The molecular weight excluding hydrogens is 254 g/mol. The van der Waals surface area contributed by atoms with E-state index in [4.69, 9.17) is 14.2 Å². The van der Waals surface area contributed by atoms with Gasteiger partial charge in [0.1, 0.15) is 0 Å². The fraction of sp³-hybridized carbons (Fsp3) is 0.625. The van der Waals surface area contributed by atoms with Crippen LogP contribution in [0, 0.1) is 0 Å². The molecule has 0 bridgehead atoms. The molecule has 0 saturated carbocycles. The fourth-order valence-electron chi connectivity index (χ4n) is 1.93. The number of nitrogens with one attached hydrogen (secondary N) is 1. The minimum atomic E-state index is -0.0604. The zero-order valence-electron chi connectivity index (χ0n) is 13.4. The van der Waals surface area contributed by atoms with Crippen LogP contribution in [-0.2, 0) is 11.3 Å². The molecule has 4 heteroatoms. The molecule has 0 unspecified atom stereocenters. The molecule has 114 valence electrons. The second-order valence-corrected chi connectivity index (χ2v) is 5.82. The quantitative estimate of drug-likeness (QED) is 0.795. The van der Waals surface area contributed by atoms with Crippen molar-refractivity contribution in [1.82, 2.24) is 5.32 Å². The van der Waals surface area contributed by atoms with E-state index < -0.39 is 0 Å². The Balaban J connectivity index is 2.73. The van der Waals surface area contributed by atoms with Crippen molar-refractivity contribution in [3.8, 4) is 11.5 Å². The molecule has 20 heavy (non-hydrogen) atoms. The van der Waals surface area contributed by atoms with Gasteiger partial charge < -0.3 is 19.5 Å². The lowest BCUT2D eigenvalue weighted by molar-refractivity contribution is 0.127. The Labute approximate surface area is 122 Å². The fourth-order valence-corrected chi connectivity index (χ4v) is 1.93. The minimum absolute atomic E-state index is 0.0604. The highest BCUT2D eigenvalue weighted by Crippen LogP contribution is 2.29. The van der Waals surface area contributed by atoms with E-state index >= 15 is 0 Å². The molecule has 0 aromatic heterocycles. The summed E-state index contributed by atoms with van der Waals surface area (Å²) in [6.45, 7) is 9.66. The number of hydrogen-bond acceptors (Lipinski definition) is 4. The van der Waals surface area contributed by atoms with Crippen molar-refractivity contribution in [2.24, 2.45) is 0 Å². The molecule has 0 spiro atoms. The molecule has 4 nitrogen and oxygen atoms in total. The number of benzene rings is 1. The average molecular weight is 281 g/mol. The van der Waals surface area contributed by atoms with Gasteiger partial charge in [0.25, 0.3) is 0 Å². The maximum absolute atomic E-state index is 5.71. The molecule has 1 aromatic carbocycles. The predicted molar refractivity (Wildman–Crippen MR) is 81.6 cm³/mol. The molecule has 0 aliphatic rings.